The van der Waals surface area contributed by atoms with E-state index in [1.165, 1.54) is 11.1 Å². The van der Waals surface area contributed by atoms with Crippen molar-refractivity contribution < 1.29 is 18.7 Å². The predicted molar refractivity (Wildman–Crippen MR) is 193 cm³/mol. The molecule has 0 spiro atoms. The van der Waals surface area contributed by atoms with Crippen molar-refractivity contribution in [3.8, 4) is 17.6 Å². The highest BCUT2D eigenvalue weighted by molar-refractivity contribution is 5.98. The average Bonchev–Trinajstić information content (AvgIpc) is 3.58. The molecule has 0 aliphatic carbocycles. The number of rotatable bonds is 10. The first-order valence-electron chi connectivity index (χ1n) is 17.4. The molecule has 2 N–H and O–H groups in total. The molecule has 2 fully saturated rings. The highest BCUT2D eigenvalue weighted by Crippen LogP contribution is 2.27. The molecule has 0 radical (unpaired) electrons. The lowest BCUT2D eigenvalue weighted by molar-refractivity contribution is -0.121. The topological polar surface area (TPSA) is 111 Å². The summed E-state index contributed by atoms with van der Waals surface area (Å²) < 4.78 is 11.8. The molecular weight excluding hydrogens is 626 g/mol. The van der Waals surface area contributed by atoms with E-state index in [0.29, 0.717) is 16.8 Å². The Balaban J connectivity index is 0.851. The second-order valence-electron chi connectivity index (χ2n) is 13.3. The molecule has 254 valence electrons. The summed E-state index contributed by atoms with van der Waals surface area (Å²) in [5, 5.41) is 16.0. The van der Waals surface area contributed by atoms with Gasteiger partial charge in [-0.15, -0.1) is 0 Å². The molecule has 0 unspecified atom stereocenters. The minimum absolute atomic E-state index is 0.0263. The summed E-state index contributed by atoms with van der Waals surface area (Å²) in [4.78, 5) is 31.0. The minimum Gasteiger partial charge on any atom is -0.457 e. The second-order valence-corrected chi connectivity index (χ2v) is 13.3. The van der Waals surface area contributed by atoms with Crippen molar-refractivity contribution >= 4 is 28.5 Å². The number of carbonyl (C=O) groups excluding carboxylic acids is 2. The van der Waals surface area contributed by atoms with E-state index < -0.39 is 0 Å². The number of likely N-dealkylation sites (tertiary alicyclic amines) is 2. The summed E-state index contributed by atoms with van der Waals surface area (Å²) in [6, 6.07) is 35.2. The fraction of sp³-hybridized carbons (Fsp3) is 0.293. The third-order valence-electron chi connectivity index (χ3n) is 9.69. The highest BCUT2D eigenvalue weighted by atomic mass is 16.5. The van der Waals surface area contributed by atoms with Gasteiger partial charge in [0.2, 0.25) is 5.91 Å². The Morgan fingerprint density at radius 2 is 1.38 bits per heavy atom. The van der Waals surface area contributed by atoms with Crippen LogP contribution in [-0.4, -0.2) is 53.8 Å². The van der Waals surface area contributed by atoms with Crippen LogP contribution in [0.3, 0.4) is 0 Å². The Hall–Kier alpha value is -5.43. The van der Waals surface area contributed by atoms with Gasteiger partial charge in [-0.25, -0.2) is 0 Å². The van der Waals surface area contributed by atoms with Gasteiger partial charge in [0.15, 0.2) is 5.76 Å². The van der Waals surface area contributed by atoms with E-state index in [9.17, 15) is 9.59 Å². The lowest BCUT2D eigenvalue weighted by atomic mass is 9.95. The van der Waals surface area contributed by atoms with Crippen molar-refractivity contribution in [3.05, 3.63) is 126 Å². The first kappa shape index (κ1) is 33.1. The van der Waals surface area contributed by atoms with Crippen LogP contribution in [-0.2, 0) is 17.9 Å². The molecule has 9 nitrogen and oxygen atoms in total. The molecule has 1 aromatic heterocycles. The number of fused-ring (bicyclic) bond motifs is 1. The summed E-state index contributed by atoms with van der Waals surface area (Å²) in [5.74, 6) is 1.66. The maximum atomic E-state index is 13.2. The third-order valence-corrected chi connectivity index (χ3v) is 9.69. The lowest BCUT2D eigenvalue weighted by Gasteiger charge is -2.32. The number of para-hydroxylation sites is 1. The first-order valence-corrected chi connectivity index (χ1v) is 17.4. The van der Waals surface area contributed by atoms with Crippen LogP contribution in [0.15, 0.2) is 108 Å². The van der Waals surface area contributed by atoms with Gasteiger partial charge >= 0.3 is 0 Å². The van der Waals surface area contributed by atoms with Crippen molar-refractivity contribution in [1.82, 2.24) is 15.1 Å². The summed E-state index contributed by atoms with van der Waals surface area (Å²) >= 11 is 0. The molecule has 2 amide bonds. The largest absolute Gasteiger partial charge is 0.457 e. The van der Waals surface area contributed by atoms with Gasteiger partial charge in [0.25, 0.3) is 5.91 Å². The number of ether oxygens (including phenoxy) is 1. The van der Waals surface area contributed by atoms with Gasteiger partial charge in [0.05, 0.1) is 11.6 Å². The number of benzene rings is 4. The normalized spacial score (nSPS) is 16.1. The molecule has 0 atom stereocenters. The van der Waals surface area contributed by atoms with E-state index in [-0.39, 0.29) is 29.5 Å². The molecule has 2 aliphatic heterocycles. The lowest BCUT2D eigenvalue weighted by Crippen LogP contribution is -2.44. The van der Waals surface area contributed by atoms with Crippen LogP contribution in [0.5, 0.6) is 11.5 Å². The van der Waals surface area contributed by atoms with Crippen LogP contribution in [0.2, 0.25) is 0 Å². The van der Waals surface area contributed by atoms with E-state index in [0.717, 1.165) is 81.8 Å². The average molecular weight is 668 g/mol. The van der Waals surface area contributed by atoms with Gasteiger partial charge in [0.1, 0.15) is 17.1 Å². The number of anilines is 1. The van der Waals surface area contributed by atoms with E-state index in [1.54, 1.807) is 6.07 Å². The van der Waals surface area contributed by atoms with Gasteiger partial charge < -0.3 is 19.8 Å². The van der Waals surface area contributed by atoms with Crippen molar-refractivity contribution in [1.29, 1.82) is 5.26 Å². The number of amides is 2. The second kappa shape index (κ2) is 15.4. The molecule has 5 aromatic rings. The number of piperidine rings is 2. The van der Waals surface area contributed by atoms with Crippen LogP contribution < -0.4 is 15.4 Å². The monoisotopic (exact) mass is 667 g/mol. The van der Waals surface area contributed by atoms with Crippen molar-refractivity contribution in [2.75, 3.05) is 31.5 Å². The molecule has 0 bridgehead atoms. The number of nitriles is 1. The summed E-state index contributed by atoms with van der Waals surface area (Å²) in [6.45, 7) is 5.14. The van der Waals surface area contributed by atoms with Gasteiger partial charge in [-0.1, -0.05) is 42.5 Å². The summed E-state index contributed by atoms with van der Waals surface area (Å²) in [7, 11) is 0. The quantitative estimate of drug-likeness (QED) is 0.160. The Morgan fingerprint density at radius 3 is 2.04 bits per heavy atom. The van der Waals surface area contributed by atoms with Crippen LogP contribution >= 0.6 is 0 Å². The fourth-order valence-electron chi connectivity index (χ4n) is 6.81. The highest BCUT2D eigenvalue weighted by Gasteiger charge is 2.26. The maximum absolute atomic E-state index is 13.2. The van der Waals surface area contributed by atoms with Gasteiger partial charge in [-0.3, -0.25) is 19.4 Å². The molecule has 2 aliphatic rings. The Morgan fingerprint density at radius 1 is 0.760 bits per heavy atom. The van der Waals surface area contributed by atoms with Crippen molar-refractivity contribution in [2.45, 2.75) is 44.8 Å². The molecule has 0 saturated carbocycles. The zero-order chi connectivity index (χ0) is 34.3. The van der Waals surface area contributed by atoms with Crippen molar-refractivity contribution in [3.63, 3.8) is 0 Å². The van der Waals surface area contributed by atoms with Crippen LogP contribution in [0.25, 0.3) is 11.0 Å². The predicted octanol–water partition coefficient (Wildman–Crippen LogP) is 7.34. The number of furan rings is 1. The fourth-order valence-corrected chi connectivity index (χ4v) is 6.81. The molecule has 9 heteroatoms. The standard InChI is InChI=1S/C41H41N5O4/c42-26-29-6-8-30(9-7-29)27-46-22-18-34(19-23-46)43-41(48)39-25-33-24-35(12-15-38(33)50-39)44-40(47)32-16-20-45(21-17-32)28-31-10-13-37(14-11-31)49-36-4-2-1-3-5-36/h1-15,24-25,32,34H,16-23,27-28H2,(H,43,48)(H,44,47). The number of carbonyl (C=O) groups is 2. The molecule has 2 saturated heterocycles. The van der Waals surface area contributed by atoms with Crippen LogP contribution in [0.1, 0.15) is 52.9 Å². The number of hydrogen-bond acceptors (Lipinski definition) is 7. The zero-order valence-electron chi connectivity index (χ0n) is 28.0. The van der Waals surface area contributed by atoms with E-state index in [2.05, 4.69) is 38.6 Å². The molecule has 4 aromatic carbocycles. The smallest absolute Gasteiger partial charge is 0.287 e. The molecule has 3 heterocycles. The number of hydrogen-bond donors (Lipinski definition) is 2. The first-order chi connectivity index (χ1) is 24.5. The SMILES string of the molecule is N#Cc1ccc(CN2CCC(NC(=O)c3cc4cc(NC(=O)C5CCN(Cc6ccc(Oc7ccccc7)cc6)CC5)ccc4o3)CC2)cc1. The minimum atomic E-state index is -0.222. The number of nitrogens with zero attached hydrogens (tertiary/aromatic N) is 3. The Bertz CT molecular complexity index is 1950. The summed E-state index contributed by atoms with van der Waals surface area (Å²) in [5.41, 5.74) is 4.37. The van der Waals surface area contributed by atoms with Crippen molar-refractivity contribution in [2.24, 2.45) is 5.92 Å². The Labute approximate surface area is 292 Å². The van der Waals surface area contributed by atoms with Gasteiger partial charge in [0, 0.05) is 49.2 Å². The maximum Gasteiger partial charge on any atom is 0.287 e. The van der Waals surface area contributed by atoms with Crippen LogP contribution in [0.4, 0.5) is 5.69 Å². The van der Waals surface area contributed by atoms with E-state index in [4.69, 9.17) is 14.4 Å². The number of nitrogens with one attached hydrogen (secondary N) is 2. The molecular formula is C41H41N5O4. The third kappa shape index (κ3) is 8.40. The Kier molecular flexibility index (Phi) is 10.2. The van der Waals surface area contributed by atoms with Gasteiger partial charge in [-0.2, -0.15) is 5.26 Å². The van der Waals surface area contributed by atoms with Crippen LogP contribution in [0, 0.1) is 17.2 Å². The molecule has 7 rings (SSSR count). The van der Waals surface area contributed by atoms with E-state index in [1.807, 2.05) is 84.9 Å². The van der Waals surface area contributed by atoms with Gasteiger partial charge in [-0.05, 0) is 111 Å². The van der Waals surface area contributed by atoms with E-state index >= 15 is 0 Å². The summed E-state index contributed by atoms with van der Waals surface area (Å²) in [6.07, 6.45) is 3.31. The zero-order valence-corrected chi connectivity index (χ0v) is 28.0. The molecule has 50 heavy (non-hydrogen) atoms.